The Morgan fingerprint density at radius 1 is 1.45 bits per heavy atom. The summed E-state index contributed by atoms with van der Waals surface area (Å²) in [5, 5.41) is 3.38. The maximum Gasteiger partial charge on any atom is 0.255 e. The van der Waals surface area contributed by atoms with E-state index in [0.29, 0.717) is 12.0 Å². The minimum Gasteiger partial charge on any atom is -0.384 e. The normalized spacial score (nSPS) is 15.8. The van der Waals surface area contributed by atoms with E-state index in [4.69, 9.17) is 0 Å². The van der Waals surface area contributed by atoms with Gasteiger partial charge in [-0.15, -0.1) is 0 Å². The molecule has 1 aromatic rings. The average Bonchev–Trinajstić information content (AvgIpc) is 3.27. The molecule has 0 bridgehead atoms. The van der Waals surface area contributed by atoms with Crippen LogP contribution in [0.25, 0.3) is 0 Å². The number of hydrogen-bond acceptors (Lipinski definition) is 2. The van der Waals surface area contributed by atoms with Gasteiger partial charge in [0.2, 0.25) is 0 Å². The molecule has 110 valence electrons. The quantitative estimate of drug-likeness (QED) is 0.858. The molecular formula is C17H26N2O. The highest BCUT2D eigenvalue weighted by atomic mass is 16.2. The molecule has 3 heteroatoms. The van der Waals surface area contributed by atoms with Crippen molar-refractivity contribution in [2.75, 3.05) is 18.9 Å². The van der Waals surface area contributed by atoms with Crippen molar-refractivity contribution in [2.45, 2.75) is 46.1 Å². The highest BCUT2D eigenvalue weighted by Crippen LogP contribution is 2.35. The first-order valence-corrected chi connectivity index (χ1v) is 7.66. The highest BCUT2D eigenvalue weighted by Gasteiger charge is 2.33. The van der Waals surface area contributed by atoms with Crippen LogP contribution in [0.1, 0.15) is 49.0 Å². The van der Waals surface area contributed by atoms with E-state index < -0.39 is 0 Å². The zero-order valence-electron chi connectivity index (χ0n) is 13.1. The average molecular weight is 274 g/mol. The highest BCUT2D eigenvalue weighted by molar-refractivity contribution is 5.99. The number of carbonyl (C=O) groups is 1. The predicted molar refractivity (Wildman–Crippen MR) is 84.2 cm³/mol. The van der Waals surface area contributed by atoms with Gasteiger partial charge < -0.3 is 10.2 Å². The molecule has 1 aliphatic rings. The Morgan fingerprint density at radius 3 is 2.75 bits per heavy atom. The van der Waals surface area contributed by atoms with Crippen LogP contribution in [0.4, 0.5) is 5.69 Å². The molecule has 3 nitrogen and oxygen atoms in total. The first-order chi connectivity index (χ1) is 9.54. The fraction of sp³-hybridized carbons (Fsp3) is 0.588. The second-order valence-corrected chi connectivity index (χ2v) is 5.97. The molecule has 1 saturated carbocycles. The van der Waals surface area contributed by atoms with Gasteiger partial charge in [-0.05, 0) is 56.7 Å². The Labute approximate surface area is 122 Å². The molecule has 0 aliphatic heterocycles. The lowest BCUT2D eigenvalue weighted by atomic mass is 10.1. The van der Waals surface area contributed by atoms with E-state index in [1.165, 1.54) is 18.4 Å². The Bertz CT molecular complexity index is 480. The zero-order valence-corrected chi connectivity index (χ0v) is 13.1. The third-order valence-corrected chi connectivity index (χ3v) is 4.21. The van der Waals surface area contributed by atoms with Crippen molar-refractivity contribution in [1.82, 2.24) is 4.90 Å². The summed E-state index contributed by atoms with van der Waals surface area (Å²) in [5.41, 5.74) is 2.93. The van der Waals surface area contributed by atoms with Gasteiger partial charge in [-0.2, -0.15) is 0 Å². The van der Waals surface area contributed by atoms with E-state index in [9.17, 15) is 4.79 Å². The van der Waals surface area contributed by atoms with Crippen molar-refractivity contribution in [1.29, 1.82) is 0 Å². The molecular weight excluding hydrogens is 248 g/mol. The molecule has 0 heterocycles. The molecule has 0 aromatic heterocycles. The first kappa shape index (κ1) is 14.9. The maximum absolute atomic E-state index is 12.7. The number of rotatable bonds is 6. The minimum absolute atomic E-state index is 0.128. The van der Waals surface area contributed by atoms with Gasteiger partial charge in [-0.3, -0.25) is 4.79 Å². The molecule has 0 spiro atoms. The predicted octanol–water partition coefficient (Wildman–Crippen LogP) is 3.69. The Morgan fingerprint density at radius 2 is 2.15 bits per heavy atom. The standard InChI is InChI=1S/C17H26N2O/c1-5-10-18-16-11-12(2)6-9-15(16)17(20)19(4)13(3)14-7-8-14/h6,9,11,13-14,18H,5,7-8,10H2,1-4H3. The van der Waals surface area contributed by atoms with Crippen molar-refractivity contribution >= 4 is 11.6 Å². The maximum atomic E-state index is 12.7. The summed E-state index contributed by atoms with van der Waals surface area (Å²) in [5.74, 6) is 0.824. The third-order valence-electron chi connectivity index (χ3n) is 4.21. The molecule has 1 unspecified atom stereocenters. The summed E-state index contributed by atoms with van der Waals surface area (Å²) in [6.45, 7) is 7.24. The Hall–Kier alpha value is -1.51. The van der Waals surface area contributed by atoms with E-state index in [1.54, 1.807) is 0 Å². The fourth-order valence-corrected chi connectivity index (χ4v) is 2.52. The Balaban J connectivity index is 2.19. The molecule has 1 atom stereocenters. The number of benzene rings is 1. The molecule has 0 saturated heterocycles. The summed E-state index contributed by atoms with van der Waals surface area (Å²) in [4.78, 5) is 14.6. The lowest BCUT2D eigenvalue weighted by molar-refractivity contribution is 0.0728. The molecule has 0 radical (unpaired) electrons. The van der Waals surface area contributed by atoms with Crippen molar-refractivity contribution in [3.8, 4) is 0 Å². The number of amides is 1. The molecule has 1 amide bonds. The molecule has 20 heavy (non-hydrogen) atoms. The van der Waals surface area contributed by atoms with E-state index >= 15 is 0 Å². The van der Waals surface area contributed by atoms with E-state index in [-0.39, 0.29) is 5.91 Å². The smallest absolute Gasteiger partial charge is 0.255 e. The molecule has 2 rings (SSSR count). The zero-order chi connectivity index (χ0) is 14.7. The second-order valence-electron chi connectivity index (χ2n) is 5.97. The van der Waals surface area contributed by atoms with Crippen molar-refractivity contribution in [2.24, 2.45) is 5.92 Å². The van der Waals surface area contributed by atoms with Crippen LogP contribution in [0.15, 0.2) is 18.2 Å². The summed E-state index contributed by atoms with van der Waals surface area (Å²) in [7, 11) is 1.93. The fourth-order valence-electron chi connectivity index (χ4n) is 2.52. The number of carbonyl (C=O) groups excluding carboxylic acids is 1. The van der Waals surface area contributed by atoms with Crippen LogP contribution in [-0.4, -0.2) is 30.4 Å². The monoisotopic (exact) mass is 274 g/mol. The van der Waals surface area contributed by atoms with Gasteiger partial charge in [0.1, 0.15) is 0 Å². The second kappa shape index (κ2) is 6.29. The number of nitrogens with one attached hydrogen (secondary N) is 1. The van der Waals surface area contributed by atoms with Crippen LogP contribution in [0, 0.1) is 12.8 Å². The lowest BCUT2D eigenvalue weighted by Crippen LogP contribution is -2.36. The van der Waals surface area contributed by atoms with Crippen LogP contribution in [0.5, 0.6) is 0 Å². The van der Waals surface area contributed by atoms with Crippen LogP contribution in [0.2, 0.25) is 0 Å². The Kier molecular flexibility index (Phi) is 4.69. The van der Waals surface area contributed by atoms with Crippen LogP contribution < -0.4 is 5.32 Å². The van der Waals surface area contributed by atoms with Gasteiger partial charge >= 0.3 is 0 Å². The largest absolute Gasteiger partial charge is 0.384 e. The van der Waals surface area contributed by atoms with Gasteiger partial charge in [0, 0.05) is 25.3 Å². The lowest BCUT2D eigenvalue weighted by Gasteiger charge is -2.26. The van der Waals surface area contributed by atoms with Crippen LogP contribution in [0.3, 0.4) is 0 Å². The van der Waals surface area contributed by atoms with Crippen molar-refractivity contribution in [3.63, 3.8) is 0 Å². The van der Waals surface area contributed by atoms with E-state index in [0.717, 1.165) is 24.2 Å². The topological polar surface area (TPSA) is 32.3 Å². The van der Waals surface area contributed by atoms with E-state index in [2.05, 4.69) is 32.2 Å². The molecule has 1 N–H and O–H groups in total. The SMILES string of the molecule is CCCNc1cc(C)ccc1C(=O)N(C)C(C)C1CC1. The van der Waals surface area contributed by atoms with Crippen LogP contribution in [-0.2, 0) is 0 Å². The van der Waals surface area contributed by atoms with Crippen molar-refractivity contribution in [3.05, 3.63) is 29.3 Å². The summed E-state index contributed by atoms with van der Waals surface area (Å²) in [6.07, 6.45) is 3.57. The number of aryl methyl sites for hydroxylation is 1. The third kappa shape index (κ3) is 3.33. The number of hydrogen-bond donors (Lipinski definition) is 1. The van der Waals surface area contributed by atoms with Gasteiger partial charge in [-0.25, -0.2) is 0 Å². The molecule has 1 fully saturated rings. The number of nitrogens with zero attached hydrogens (tertiary/aromatic N) is 1. The molecule has 1 aromatic carbocycles. The van der Waals surface area contributed by atoms with Crippen molar-refractivity contribution < 1.29 is 4.79 Å². The number of anilines is 1. The van der Waals surface area contributed by atoms with Gasteiger partial charge in [-0.1, -0.05) is 13.0 Å². The van der Waals surface area contributed by atoms with E-state index in [1.807, 2.05) is 24.1 Å². The molecule has 1 aliphatic carbocycles. The first-order valence-electron chi connectivity index (χ1n) is 7.66. The van der Waals surface area contributed by atoms with Crippen LogP contribution >= 0.6 is 0 Å². The van der Waals surface area contributed by atoms with Gasteiger partial charge in [0.15, 0.2) is 0 Å². The summed E-state index contributed by atoms with van der Waals surface area (Å²) < 4.78 is 0. The summed E-state index contributed by atoms with van der Waals surface area (Å²) >= 11 is 0. The van der Waals surface area contributed by atoms with Gasteiger partial charge in [0.05, 0.1) is 5.56 Å². The minimum atomic E-state index is 0.128. The summed E-state index contributed by atoms with van der Waals surface area (Å²) in [6, 6.07) is 6.37. The van der Waals surface area contributed by atoms with Gasteiger partial charge in [0.25, 0.3) is 5.91 Å².